The third kappa shape index (κ3) is 8.66. The highest BCUT2D eigenvalue weighted by atomic mass is 32.2. The fourth-order valence-corrected chi connectivity index (χ4v) is 7.50. The lowest BCUT2D eigenvalue weighted by Crippen LogP contribution is -2.28. The van der Waals surface area contributed by atoms with Crippen molar-refractivity contribution in [3.63, 3.8) is 0 Å². The molecule has 0 saturated carbocycles. The summed E-state index contributed by atoms with van der Waals surface area (Å²) in [7, 11) is -14.9. The summed E-state index contributed by atoms with van der Waals surface area (Å²) in [6, 6.07) is 20.5. The number of hydrazone groups is 1. The Bertz CT molecular complexity index is 3020. The Kier molecular flexibility index (Phi) is 10.8. The molecule has 0 radical (unpaired) electrons. The maximum Gasteiger partial charge on any atom is 0.296 e. The minimum absolute atomic E-state index is 0.0220. The zero-order chi connectivity index (χ0) is 42.3. The summed E-state index contributed by atoms with van der Waals surface area (Å²) < 4.78 is 102. The van der Waals surface area contributed by atoms with E-state index in [1.807, 2.05) is 19.1 Å². The van der Waals surface area contributed by atoms with Crippen molar-refractivity contribution in [3.05, 3.63) is 112 Å². The van der Waals surface area contributed by atoms with Crippen molar-refractivity contribution in [2.75, 3.05) is 22.6 Å². The number of hydrogen-bond acceptors (Lipinski definition) is 16. The molecule has 0 bridgehead atoms. The lowest BCUT2D eigenvalue weighted by molar-refractivity contribution is 0.106. The van der Waals surface area contributed by atoms with Gasteiger partial charge in [-0.15, -0.1) is 10.2 Å². The normalized spacial score (nSPS) is 14.3. The highest BCUT2D eigenvalue weighted by Crippen LogP contribution is 2.41. The van der Waals surface area contributed by atoms with Gasteiger partial charge in [0.05, 0.1) is 38.9 Å². The summed E-state index contributed by atoms with van der Waals surface area (Å²) in [6.07, 6.45) is 0.718. The lowest BCUT2D eigenvalue weighted by atomic mass is 9.92. The summed E-state index contributed by atoms with van der Waals surface area (Å²) in [6.45, 7) is 3.57. The van der Waals surface area contributed by atoms with E-state index in [1.165, 1.54) is 0 Å². The SMILES string of the molecule is Cc1cc(-c2ccc(N=Nc3c(S(=O)(=O)O)cc4c(c3N)C(=O)/C(=N\Nc3ccc(S(=O)(=O)O)cc3)C(S(=O)(=O)O)=C4)c(C)c2)ccc1N=Nc1ccc(N)cc1N. The molecule has 22 heteroatoms. The van der Waals surface area contributed by atoms with E-state index in [2.05, 4.69) is 31.0 Å². The predicted octanol–water partition coefficient (Wildman–Crippen LogP) is 6.93. The first-order chi connectivity index (χ1) is 27.1. The molecule has 6 rings (SSSR count). The van der Waals surface area contributed by atoms with Crippen LogP contribution in [0.3, 0.4) is 0 Å². The van der Waals surface area contributed by atoms with Gasteiger partial charge in [-0.3, -0.25) is 23.9 Å². The second-order valence-electron chi connectivity index (χ2n) is 12.7. The van der Waals surface area contributed by atoms with Gasteiger partial charge in [-0.2, -0.15) is 40.6 Å². The molecule has 1 aliphatic rings. The highest BCUT2D eigenvalue weighted by molar-refractivity contribution is 7.91. The van der Waals surface area contributed by atoms with Gasteiger partial charge in [-0.05, 0) is 121 Å². The minimum atomic E-state index is -5.20. The van der Waals surface area contributed by atoms with Crippen LogP contribution in [0.25, 0.3) is 17.2 Å². The fraction of sp³-hybridized carbons (Fsp3) is 0.0556. The fourth-order valence-electron chi connectivity index (χ4n) is 5.69. The third-order valence-electron chi connectivity index (χ3n) is 8.60. The van der Waals surface area contributed by atoms with E-state index in [1.54, 1.807) is 49.4 Å². The number of carbonyl (C=O) groups excluding carboxylic acids is 1. The number of Topliss-reactive ketones (excluding diaryl/α,β-unsaturated/α-hetero) is 1. The molecule has 0 unspecified atom stereocenters. The number of nitrogen functional groups attached to an aromatic ring is 3. The number of nitrogens with two attached hydrogens (primary N) is 3. The van der Waals surface area contributed by atoms with Gasteiger partial charge in [0.2, 0.25) is 5.78 Å². The quantitative estimate of drug-likeness (QED) is 0.0324. The van der Waals surface area contributed by atoms with E-state index in [0.717, 1.165) is 53.1 Å². The molecule has 0 aromatic heterocycles. The van der Waals surface area contributed by atoms with Crippen LogP contribution < -0.4 is 22.6 Å². The number of carbonyl (C=O) groups is 1. The summed E-state index contributed by atoms with van der Waals surface area (Å²) in [4.78, 5) is 11.3. The van der Waals surface area contributed by atoms with E-state index >= 15 is 0 Å². The van der Waals surface area contributed by atoms with Crippen molar-refractivity contribution in [1.82, 2.24) is 0 Å². The first kappa shape index (κ1) is 41.0. The van der Waals surface area contributed by atoms with Crippen molar-refractivity contribution in [3.8, 4) is 11.1 Å². The zero-order valence-electron chi connectivity index (χ0n) is 30.1. The van der Waals surface area contributed by atoms with E-state index in [4.69, 9.17) is 17.2 Å². The molecule has 0 aliphatic heterocycles. The minimum Gasteiger partial charge on any atom is -0.399 e. The molecule has 0 heterocycles. The Labute approximate surface area is 331 Å². The molecule has 10 N–H and O–H groups in total. The van der Waals surface area contributed by atoms with Crippen LogP contribution in [-0.4, -0.2) is 50.4 Å². The topological polar surface area (TPSA) is 332 Å². The van der Waals surface area contributed by atoms with E-state index in [9.17, 15) is 43.7 Å². The Hall–Kier alpha value is -6.69. The molecule has 58 heavy (non-hydrogen) atoms. The number of anilines is 4. The first-order valence-electron chi connectivity index (χ1n) is 16.4. The number of allylic oxidation sites excluding steroid dienone is 1. The zero-order valence-corrected chi connectivity index (χ0v) is 32.5. The maximum atomic E-state index is 13.8. The first-order valence-corrected chi connectivity index (χ1v) is 20.7. The number of nitrogens with one attached hydrogen (secondary N) is 1. The predicted molar refractivity (Wildman–Crippen MR) is 217 cm³/mol. The molecule has 0 atom stereocenters. The molecule has 0 amide bonds. The van der Waals surface area contributed by atoms with Crippen LogP contribution >= 0.6 is 0 Å². The van der Waals surface area contributed by atoms with Gasteiger partial charge in [-0.1, -0.05) is 12.1 Å². The monoisotopic (exact) mass is 845 g/mol. The summed E-state index contributed by atoms with van der Waals surface area (Å²) >= 11 is 0. The van der Waals surface area contributed by atoms with Gasteiger partial charge in [0, 0.05) is 5.69 Å². The van der Waals surface area contributed by atoms with Crippen molar-refractivity contribution in [2.45, 2.75) is 23.6 Å². The number of azo groups is 2. The molecule has 1 aliphatic carbocycles. The summed E-state index contributed by atoms with van der Waals surface area (Å²) in [5, 5.41) is 20.5. The summed E-state index contributed by atoms with van der Waals surface area (Å²) in [5.41, 5.74) is 22.5. The standard InChI is InChI=1S/C36H31N9O10S3/c1-18-13-20(3-10-27(18)41-43-29-12-5-23(37)17-26(29)38)21-4-11-28(19(2)14-21)42-44-34-30(57(50,51)52)15-22-16-31(58(53,54)55)35(36(46)32(22)33(34)39)45-40-24-6-8-25(9-7-24)56(47,48)49/h3-17,40H,37-39H2,1-2H3,(H,47,48,49)(H,50,51,52)(H,53,54,55)/b43-41?,44-42?,45-35-. The summed E-state index contributed by atoms with van der Waals surface area (Å²) in [5.74, 6) is -1.21. The van der Waals surface area contributed by atoms with Gasteiger partial charge in [0.1, 0.15) is 21.2 Å². The van der Waals surface area contributed by atoms with Crippen molar-refractivity contribution in [2.24, 2.45) is 25.6 Å². The maximum absolute atomic E-state index is 13.8. The number of rotatable bonds is 10. The van der Waals surface area contributed by atoms with Crippen molar-refractivity contribution in [1.29, 1.82) is 0 Å². The Balaban J connectivity index is 1.33. The molecule has 5 aromatic rings. The Morgan fingerprint density at radius 2 is 1.17 bits per heavy atom. The Morgan fingerprint density at radius 3 is 1.69 bits per heavy atom. The molecule has 19 nitrogen and oxygen atoms in total. The van der Waals surface area contributed by atoms with Crippen molar-refractivity contribution < 1.29 is 43.7 Å². The van der Waals surface area contributed by atoms with Crippen LogP contribution in [0.15, 0.2) is 125 Å². The molecule has 0 spiro atoms. The lowest BCUT2D eigenvalue weighted by Gasteiger charge is -2.20. The molecular formula is C36H31N9O10S3. The second kappa shape index (κ2) is 15.3. The van der Waals surface area contributed by atoms with Crippen molar-refractivity contribution >= 4 is 93.4 Å². The average Bonchev–Trinajstić information content (AvgIpc) is 3.13. The van der Waals surface area contributed by atoms with E-state index < -0.39 is 79.0 Å². The van der Waals surface area contributed by atoms with Crippen LogP contribution in [0.2, 0.25) is 0 Å². The average molecular weight is 846 g/mol. The second-order valence-corrected chi connectivity index (χ2v) is 16.9. The van der Waals surface area contributed by atoms with Gasteiger partial charge in [0.15, 0.2) is 5.71 Å². The van der Waals surface area contributed by atoms with E-state index in [0.29, 0.717) is 28.3 Å². The van der Waals surface area contributed by atoms with Gasteiger partial charge < -0.3 is 17.2 Å². The van der Waals surface area contributed by atoms with Crippen LogP contribution in [-0.2, 0) is 30.4 Å². The van der Waals surface area contributed by atoms with Crippen LogP contribution in [0.1, 0.15) is 27.0 Å². The molecule has 0 fully saturated rings. The Morgan fingerprint density at radius 1 is 0.621 bits per heavy atom. The van der Waals surface area contributed by atoms with Crippen LogP contribution in [0, 0.1) is 13.8 Å². The number of benzene rings is 5. The highest BCUT2D eigenvalue weighted by Gasteiger charge is 2.37. The van der Waals surface area contributed by atoms with Crippen LogP contribution in [0.4, 0.5) is 45.5 Å². The van der Waals surface area contributed by atoms with Crippen LogP contribution in [0.5, 0.6) is 0 Å². The van der Waals surface area contributed by atoms with E-state index in [-0.39, 0.29) is 11.4 Å². The van der Waals surface area contributed by atoms with Gasteiger partial charge >= 0.3 is 0 Å². The molecular weight excluding hydrogens is 815 g/mol. The van der Waals surface area contributed by atoms with Gasteiger partial charge in [-0.25, -0.2) is 0 Å². The number of nitrogens with zero attached hydrogens (tertiary/aromatic N) is 5. The molecule has 298 valence electrons. The number of aryl methyl sites for hydroxylation is 2. The molecule has 0 saturated heterocycles. The largest absolute Gasteiger partial charge is 0.399 e. The number of fused-ring (bicyclic) bond motifs is 1. The third-order valence-corrected chi connectivity index (χ3v) is 11.2. The number of hydrogen-bond donors (Lipinski definition) is 7. The molecule has 5 aromatic carbocycles. The smallest absolute Gasteiger partial charge is 0.296 e. The number of ketones is 1. The van der Waals surface area contributed by atoms with Gasteiger partial charge in [0.25, 0.3) is 30.4 Å².